The van der Waals surface area contributed by atoms with Crippen molar-refractivity contribution in [1.29, 1.82) is 0 Å². The molecule has 5 aliphatic rings. The first kappa shape index (κ1) is 44.1. The molecule has 4 fully saturated rings. The third-order valence-corrected chi connectivity index (χ3v) is 15.8. The number of aromatic nitrogens is 2. The van der Waals surface area contributed by atoms with E-state index in [4.69, 9.17) is 14.2 Å². The number of hydrogen-bond donors (Lipinski definition) is 3. The summed E-state index contributed by atoms with van der Waals surface area (Å²) in [5.74, 6) is 0.0734. The number of fused-ring (bicyclic) bond motifs is 2. The Hall–Kier alpha value is -5.75. The number of amides is 1. The van der Waals surface area contributed by atoms with Gasteiger partial charge in [-0.15, -0.1) is 0 Å². The van der Waals surface area contributed by atoms with E-state index in [0.717, 1.165) is 62.7 Å². The molecule has 2 aromatic heterocycles. The number of anilines is 2. The van der Waals surface area contributed by atoms with Crippen LogP contribution in [0.25, 0.3) is 11.0 Å². The van der Waals surface area contributed by atoms with Gasteiger partial charge in [0.15, 0.2) is 11.4 Å². The molecule has 1 saturated carbocycles. The number of piperidine rings is 1. The lowest BCUT2D eigenvalue weighted by atomic mass is 9.59. The number of carbonyl (C=O) groups is 1. The fourth-order valence-electron chi connectivity index (χ4n) is 11.0. The van der Waals surface area contributed by atoms with E-state index in [-0.39, 0.29) is 35.4 Å². The van der Waals surface area contributed by atoms with Crippen molar-refractivity contribution in [3.05, 3.63) is 106 Å². The third kappa shape index (κ3) is 8.93. The van der Waals surface area contributed by atoms with Gasteiger partial charge in [-0.1, -0.05) is 38.1 Å². The van der Waals surface area contributed by atoms with Crippen LogP contribution in [-0.2, 0) is 14.8 Å². The molecular formula is C49H58N8O8S. The highest BCUT2D eigenvalue weighted by molar-refractivity contribution is 7.90. The molecule has 3 aromatic carbocycles. The highest BCUT2D eigenvalue weighted by Crippen LogP contribution is 2.54. The number of morpholine rings is 1. The number of carbonyl (C=O) groups excluding carboxylic acids is 1. The summed E-state index contributed by atoms with van der Waals surface area (Å²) in [5.41, 5.74) is 4.39. The van der Waals surface area contributed by atoms with Crippen LogP contribution in [0.3, 0.4) is 0 Å². The number of nitrogens with one attached hydrogen (secondary N) is 3. The van der Waals surface area contributed by atoms with Crippen LogP contribution in [0.2, 0.25) is 0 Å². The second-order valence-corrected chi connectivity index (χ2v) is 20.7. The van der Waals surface area contributed by atoms with E-state index in [9.17, 15) is 23.3 Å². The summed E-state index contributed by atoms with van der Waals surface area (Å²) in [5, 5.41) is 16.5. The number of aromatic amines is 1. The van der Waals surface area contributed by atoms with E-state index < -0.39 is 31.4 Å². The van der Waals surface area contributed by atoms with E-state index in [2.05, 4.69) is 72.8 Å². The minimum atomic E-state index is -4.65. The molecule has 66 heavy (non-hydrogen) atoms. The van der Waals surface area contributed by atoms with Crippen molar-refractivity contribution in [2.75, 3.05) is 69.3 Å². The quantitative estimate of drug-likeness (QED) is 0.0809. The second kappa shape index (κ2) is 18.1. The van der Waals surface area contributed by atoms with Gasteiger partial charge in [0.25, 0.3) is 21.6 Å². The second-order valence-electron chi connectivity index (χ2n) is 19.0. The zero-order chi connectivity index (χ0) is 45.6. The highest BCUT2D eigenvalue weighted by Gasteiger charge is 2.50. The van der Waals surface area contributed by atoms with Gasteiger partial charge in [-0.05, 0) is 91.8 Å². The van der Waals surface area contributed by atoms with Crippen LogP contribution in [0, 0.1) is 15.5 Å². The number of hydrogen-bond acceptors (Lipinski definition) is 13. The standard InChI is InChI=1S/C49H58N8O8S/c1-32(2)39-6-3-4-7-40(39)42-8-5-16-56(42)36-28-49(29-36)13-17-55(18-14-49)35-9-10-41(44(25-35)65-37-24-33-11-15-50-47(33)51-30-37)48(58)53-66(61,62)38-26-43(57(59)60)46-45(27-38)64-21-12-34(52-46)31-54-19-22-63-23-20-54/h3-4,6-7,9-11,15,24-27,30,32,34,36,42,52H,5,8,12-14,16-23,28-29,31H2,1-2H3,(H,50,51)(H,53,58)/t34-,42+/m1/s1. The Morgan fingerprint density at radius 1 is 1.00 bits per heavy atom. The Balaban J connectivity index is 0.859. The van der Waals surface area contributed by atoms with Gasteiger partial charge in [-0.3, -0.25) is 24.7 Å². The predicted octanol–water partition coefficient (Wildman–Crippen LogP) is 7.99. The van der Waals surface area contributed by atoms with Gasteiger partial charge >= 0.3 is 0 Å². The van der Waals surface area contributed by atoms with Crippen LogP contribution < -0.4 is 24.4 Å². The maximum atomic E-state index is 14.1. The topological polar surface area (TPSA) is 184 Å². The molecule has 1 aliphatic carbocycles. The number of pyridine rings is 1. The molecule has 1 amide bonds. The van der Waals surface area contributed by atoms with Crippen molar-refractivity contribution in [2.45, 2.75) is 87.7 Å². The number of nitro benzene ring substituents is 1. The van der Waals surface area contributed by atoms with Crippen molar-refractivity contribution < 1.29 is 32.3 Å². The number of sulfonamides is 1. The molecule has 348 valence electrons. The number of likely N-dealkylation sites (tertiary alicyclic amines) is 1. The maximum absolute atomic E-state index is 14.1. The van der Waals surface area contributed by atoms with Crippen LogP contribution in [0.5, 0.6) is 17.2 Å². The highest BCUT2D eigenvalue weighted by atomic mass is 32.2. The summed E-state index contributed by atoms with van der Waals surface area (Å²) in [6.45, 7) is 10.9. The smallest absolute Gasteiger partial charge is 0.297 e. The Morgan fingerprint density at radius 3 is 2.59 bits per heavy atom. The van der Waals surface area contributed by atoms with Crippen molar-refractivity contribution in [2.24, 2.45) is 5.41 Å². The first-order chi connectivity index (χ1) is 31.9. The first-order valence-corrected chi connectivity index (χ1v) is 24.8. The molecular weight excluding hydrogens is 861 g/mol. The molecule has 17 heteroatoms. The molecule has 1 spiro atoms. The zero-order valence-corrected chi connectivity index (χ0v) is 38.4. The van der Waals surface area contributed by atoms with Gasteiger partial charge in [0, 0.05) is 92.7 Å². The molecule has 10 rings (SSSR count). The summed E-state index contributed by atoms with van der Waals surface area (Å²) in [4.78, 5) is 40.3. The van der Waals surface area contributed by atoms with Crippen LogP contribution in [0.1, 0.15) is 92.2 Å². The molecule has 6 heterocycles. The largest absolute Gasteiger partial charge is 0.491 e. The SMILES string of the molecule is CC(C)c1ccccc1[C@@H]1CCCN1C1CC2(CCN(c3ccc(C(=O)NS(=O)(=O)c4cc5c(c([N+](=O)[O-])c4)N[C@@H](CN4CCOCC4)CCO5)c(Oc4cnc5[nH]ccc5c4)c3)CC2)C1. The van der Waals surface area contributed by atoms with E-state index in [1.807, 2.05) is 12.1 Å². The molecule has 3 N–H and O–H groups in total. The molecule has 3 saturated heterocycles. The van der Waals surface area contributed by atoms with Gasteiger partial charge < -0.3 is 29.4 Å². The fraction of sp³-hybridized carbons (Fsp3) is 0.469. The number of nitro groups is 1. The monoisotopic (exact) mass is 918 g/mol. The van der Waals surface area contributed by atoms with E-state index >= 15 is 0 Å². The Kier molecular flexibility index (Phi) is 12.1. The summed E-state index contributed by atoms with van der Waals surface area (Å²) in [6.07, 6.45) is 10.8. The van der Waals surface area contributed by atoms with Gasteiger partial charge in [-0.25, -0.2) is 18.1 Å². The van der Waals surface area contributed by atoms with Crippen molar-refractivity contribution in [3.63, 3.8) is 0 Å². The minimum absolute atomic E-state index is 0.0240. The average molecular weight is 919 g/mol. The third-order valence-electron chi connectivity index (χ3n) is 14.5. The van der Waals surface area contributed by atoms with Crippen molar-refractivity contribution in [3.8, 4) is 17.2 Å². The van der Waals surface area contributed by atoms with Crippen LogP contribution >= 0.6 is 0 Å². The number of rotatable bonds is 12. The van der Waals surface area contributed by atoms with E-state index in [0.29, 0.717) is 61.0 Å². The van der Waals surface area contributed by atoms with Crippen LogP contribution in [0.15, 0.2) is 84.0 Å². The summed E-state index contributed by atoms with van der Waals surface area (Å²) in [6, 6.07) is 20.9. The van der Waals surface area contributed by atoms with Gasteiger partial charge in [0.2, 0.25) is 0 Å². The van der Waals surface area contributed by atoms with Crippen molar-refractivity contribution >= 4 is 44.0 Å². The number of benzene rings is 3. The molecule has 16 nitrogen and oxygen atoms in total. The summed E-state index contributed by atoms with van der Waals surface area (Å²) >= 11 is 0. The summed E-state index contributed by atoms with van der Waals surface area (Å²) < 4.78 is 48.0. The number of nitrogens with zero attached hydrogens (tertiary/aromatic N) is 5. The molecule has 2 atom stereocenters. The maximum Gasteiger partial charge on any atom is 0.297 e. The van der Waals surface area contributed by atoms with E-state index in [1.165, 1.54) is 42.9 Å². The number of H-pyrrole nitrogens is 1. The molecule has 0 unspecified atom stereocenters. The average Bonchev–Trinajstić information content (AvgIpc) is 3.94. The van der Waals surface area contributed by atoms with Gasteiger partial charge in [-0.2, -0.15) is 0 Å². The Bertz CT molecular complexity index is 2720. The minimum Gasteiger partial charge on any atom is -0.491 e. The summed E-state index contributed by atoms with van der Waals surface area (Å²) in [7, 11) is -4.65. The Morgan fingerprint density at radius 2 is 1.80 bits per heavy atom. The molecule has 0 bridgehead atoms. The predicted molar refractivity (Wildman–Crippen MR) is 251 cm³/mol. The van der Waals surface area contributed by atoms with Gasteiger partial charge in [0.1, 0.15) is 17.1 Å². The van der Waals surface area contributed by atoms with Crippen LogP contribution in [0.4, 0.5) is 17.1 Å². The van der Waals surface area contributed by atoms with Gasteiger partial charge in [0.05, 0.1) is 41.4 Å². The Labute approximate surface area is 385 Å². The molecule has 4 aliphatic heterocycles. The number of ether oxygens (including phenoxy) is 3. The van der Waals surface area contributed by atoms with Crippen LogP contribution in [-0.4, -0.2) is 110 Å². The lowest BCUT2D eigenvalue weighted by Crippen LogP contribution is -2.54. The van der Waals surface area contributed by atoms with E-state index in [1.54, 1.807) is 30.6 Å². The molecule has 0 radical (unpaired) electrons. The zero-order valence-electron chi connectivity index (χ0n) is 37.5. The lowest BCUT2D eigenvalue weighted by Gasteiger charge is -2.56. The molecule has 5 aromatic rings. The fourth-order valence-corrected chi connectivity index (χ4v) is 12.0. The first-order valence-electron chi connectivity index (χ1n) is 23.4. The normalized spacial score (nSPS) is 21.5. The van der Waals surface area contributed by atoms with Crippen molar-refractivity contribution in [1.82, 2.24) is 24.5 Å². The lowest BCUT2D eigenvalue weighted by molar-refractivity contribution is -0.384.